The van der Waals surface area contributed by atoms with Gasteiger partial charge in [0.25, 0.3) is 0 Å². The molecule has 0 amide bonds. The van der Waals surface area contributed by atoms with Gasteiger partial charge in [-0.3, -0.25) is 0 Å². The van der Waals surface area contributed by atoms with E-state index in [-0.39, 0.29) is 9.79 Å². The molecule has 0 aliphatic heterocycles. The minimum Gasteiger partial charge on any atom is -0.315 e. The summed E-state index contributed by atoms with van der Waals surface area (Å²) in [6.07, 6.45) is 0. The van der Waals surface area contributed by atoms with Crippen molar-refractivity contribution in [2.45, 2.75) is 36.7 Å². The Labute approximate surface area is 202 Å². The summed E-state index contributed by atoms with van der Waals surface area (Å²) in [5.74, 6) is 9.77. The van der Waals surface area contributed by atoms with Crippen molar-refractivity contribution in [1.29, 1.82) is 0 Å². The molecule has 0 saturated heterocycles. The Bertz CT molecular complexity index is 1610. The summed E-state index contributed by atoms with van der Waals surface area (Å²) in [5, 5.41) is 8.83. The van der Waals surface area contributed by atoms with Crippen LogP contribution in [0.15, 0.2) is 56.4 Å². The van der Waals surface area contributed by atoms with Gasteiger partial charge >= 0.3 is 20.2 Å². The predicted octanol–water partition coefficient (Wildman–Crippen LogP) is 1.33. The van der Waals surface area contributed by atoms with Gasteiger partial charge in [-0.05, 0) is 50.2 Å². The van der Waals surface area contributed by atoms with Crippen molar-refractivity contribution in [2.75, 3.05) is 0 Å². The molecule has 0 bridgehead atoms. The van der Waals surface area contributed by atoms with E-state index >= 15 is 0 Å². The number of hydrogen-bond donors (Lipinski definition) is 2. The number of aromatic nitrogens is 2. The van der Waals surface area contributed by atoms with Gasteiger partial charge in [-0.2, -0.15) is 37.2 Å². The molecule has 0 atom stereocenters. The number of benzene rings is 2. The van der Waals surface area contributed by atoms with Crippen LogP contribution < -0.4 is 21.4 Å². The molecule has 2 aromatic heterocycles. The molecular formula is C18H20N6O6S4. The van der Waals surface area contributed by atoms with E-state index in [1.807, 2.05) is 23.0 Å². The lowest BCUT2D eigenvalue weighted by atomic mass is 10.3. The molecule has 0 fully saturated rings. The molecule has 0 saturated carbocycles. The largest absolute Gasteiger partial charge is 0.315 e. The first-order chi connectivity index (χ1) is 16.1. The summed E-state index contributed by atoms with van der Waals surface area (Å²) in [4.78, 5) is 0.994. The molecule has 4 N–H and O–H groups in total. The summed E-state index contributed by atoms with van der Waals surface area (Å²) in [7, 11) is -8.07. The average Bonchev–Trinajstić information content (AvgIpc) is 3.38. The number of thiazole rings is 2. The zero-order chi connectivity index (χ0) is 24.7. The van der Waals surface area contributed by atoms with E-state index in [4.69, 9.17) is 11.8 Å². The first kappa shape index (κ1) is 24.7. The molecule has 2 aromatic carbocycles. The maximum absolute atomic E-state index is 11.9. The van der Waals surface area contributed by atoms with Crippen LogP contribution in [-0.2, 0) is 41.9 Å². The Morgan fingerprint density at radius 1 is 0.765 bits per heavy atom. The molecule has 0 unspecified atom stereocenters. The van der Waals surface area contributed by atoms with Crippen molar-refractivity contribution in [1.82, 2.24) is 9.13 Å². The van der Waals surface area contributed by atoms with Crippen LogP contribution in [0.1, 0.15) is 13.8 Å². The highest BCUT2D eigenvalue weighted by atomic mass is 32.2. The molecular weight excluding hydrogens is 525 g/mol. The van der Waals surface area contributed by atoms with Crippen LogP contribution in [0.25, 0.3) is 20.4 Å². The zero-order valence-corrected chi connectivity index (χ0v) is 21.2. The molecule has 16 heteroatoms. The summed E-state index contributed by atoms with van der Waals surface area (Å²) in [6, 6.07) is 9.10. The first-order valence-electron chi connectivity index (χ1n) is 9.76. The smallest absolute Gasteiger partial charge is 0.312 e. The molecule has 0 aliphatic carbocycles. The summed E-state index contributed by atoms with van der Waals surface area (Å²) in [5.41, 5.74) is 1.57. The third-order valence-electron chi connectivity index (χ3n) is 4.99. The van der Waals surface area contributed by atoms with Crippen molar-refractivity contribution >= 4 is 63.3 Å². The van der Waals surface area contributed by atoms with Gasteiger partial charge in [0, 0.05) is 13.1 Å². The van der Waals surface area contributed by atoms with Crippen LogP contribution in [0, 0.1) is 0 Å². The van der Waals surface area contributed by atoms with Gasteiger partial charge in [-0.25, -0.2) is 0 Å². The maximum Gasteiger partial charge on any atom is 0.312 e. The van der Waals surface area contributed by atoms with Gasteiger partial charge in [0.1, 0.15) is 0 Å². The van der Waals surface area contributed by atoms with E-state index < -0.39 is 20.2 Å². The zero-order valence-electron chi connectivity index (χ0n) is 17.9. The van der Waals surface area contributed by atoms with Gasteiger partial charge in [0.05, 0.1) is 30.2 Å². The number of nitrogens with two attached hydrogens (primary N) is 2. The summed E-state index contributed by atoms with van der Waals surface area (Å²) >= 11 is 2.53. The number of fused-ring (bicyclic) bond motifs is 2. The fourth-order valence-electron chi connectivity index (χ4n) is 3.38. The normalized spacial score (nSPS) is 14.0. The van der Waals surface area contributed by atoms with E-state index in [0.29, 0.717) is 32.1 Å². The van der Waals surface area contributed by atoms with Crippen molar-refractivity contribution in [3.8, 4) is 0 Å². The highest BCUT2D eigenvalue weighted by Crippen LogP contribution is 2.24. The van der Waals surface area contributed by atoms with E-state index in [0.717, 1.165) is 11.0 Å². The van der Waals surface area contributed by atoms with Crippen molar-refractivity contribution in [3.05, 3.63) is 46.0 Å². The van der Waals surface area contributed by atoms with E-state index in [1.54, 1.807) is 12.1 Å². The van der Waals surface area contributed by atoms with Gasteiger partial charge in [-0.1, -0.05) is 22.7 Å². The Hall–Kier alpha value is -2.44. The monoisotopic (exact) mass is 544 g/mol. The van der Waals surface area contributed by atoms with Gasteiger partial charge in [0.15, 0.2) is 0 Å². The van der Waals surface area contributed by atoms with Crippen LogP contribution >= 0.6 is 22.7 Å². The fourth-order valence-corrected chi connectivity index (χ4v) is 6.91. The number of hydrogen-bond acceptors (Lipinski definition) is 12. The molecule has 2 heterocycles. The quantitative estimate of drug-likeness (QED) is 0.328. The minimum atomic E-state index is -4.04. The van der Waals surface area contributed by atoms with Crippen LogP contribution in [0.2, 0.25) is 0 Å². The molecule has 12 nitrogen and oxygen atoms in total. The van der Waals surface area contributed by atoms with Crippen LogP contribution in [-0.4, -0.2) is 26.0 Å². The third kappa shape index (κ3) is 4.34. The number of nitrogens with zero attached hydrogens (tertiary/aromatic N) is 4. The standard InChI is InChI=1S/C18H20N6O6S4/c1-3-23-13-7-5-11(33(25,26)29-19)9-15(13)31-17(23)21-22-18-24(4-2)14-8-6-12(10-16(14)32-18)34(27,28)30-20/h5-10H,3-4,19-20H2,1-2H3/b21-17-,22-18+. The highest BCUT2D eigenvalue weighted by Gasteiger charge is 2.17. The second-order valence-corrected chi connectivity index (χ2v) is 12.0. The topological polar surface area (TPSA) is 173 Å². The average molecular weight is 545 g/mol. The molecule has 34 heavy (non-hydrogen) atoms. The van der Waals surface area contributed by atoms with Crippen molar-refractivity contribution < 1.29 is 25.4 Å². The summed E-state index contributed by atoms with van der Waals surface area (Å²) in [6.45, 7) is 5.03. The van der Waals surface area contributed by atoms with Crippen LogP contribution in [0.3, 0.4) is 0 Å². The lowest BCUT2D eigenvalue weighted by molar-refractivity contribution is 0.332. The summed E-state index contributed by atoms with van der Waals surface area (Å²) < 4.78 is 61.1. The maximum atomic E-state index is 11.9. The number of aryl methyl sites for hydroxylation is 2. The Morgan fingerprint density at radius 3 is 1.47 bits per heavy atom. The predicted molar refractivity (Wildman–Crippen MR) is 127 cm³/mol. The first-order valence-corrected chi connectivity index (χ1v) is 14.2. The van der Waals surface area contributed by atoms with Crippen molar-refractivity contribution in [2.24, 2.45) is 22.0 Å². The van der Waals surface area contributed by atoms with Crippen molar-refractivity contribution in [3.63, 3.8) is 0 Å². The number of rotatable bonds is 7. The van der Waals surface area contributed by atoms with E-state index in [1.165, 1.54) is 46.9 Å². The van der Waals surface area contributed by atoms with E-state index in [2.05, 4.69) is 18.8 Å². The van der Waals surface area contributed by atoms with E-state index in [9.17, 15) is 16.8 Å². The van der Waals surface area contributed by atoms with Gasteiger partial charge < -0.3 is 9.13 Å². The van der Waals surface area contributed by atoms with Gasteiger partial charge in [-0.15, -0.1) is 10.2 Å². The molecule has 0 spiro atoms. The highest BCUT2D eigenvalue weighted by molar-refractivity contribution is 7.87. The lowest BCUT2D eigenvalue weighted by Crippen LogP contribution is -2.16. The Kier molecular flexibility index (Phi) is 6.76. The Balaban J connectivity index is 1.90. The molecule has 4 aromatic rings. The second kappa shape index (κ2) is 9.31. The fraction of sp³-hybridized carbons (Fsp3) is 0.222. The van der Waals surface area contributed by atoms with Crippen LogP contribution in [0.5, 0.6) is 0 Å². The molecule has 0 aliphatic rings. The lowest BCUT2D eigenvalue weighted by Gasteiger charge is -2.02. The molecule has 0 radical (unpaired) electrons. The Morgan fingerprint density at radius 2 is 1.15 bits per heavy atom. The molecule has 4 rings (SSSR count). The minimum absolute atomic E-state index is 0.0592. The van der Waals surface area contributed by atoms with Gasteiger partial charge in [0.2, 0.25) is 9.60 Å². The second-order valence-electron chi connectivity index (χ2n) is 6.82. The van der Waals surface area contributed by atoms with Crippen LogP contribution in [0.4, 0.5) is 0 Å². The SMILES string of the molecule is CCn1/c(=N/N=c2/sc3cc(S(=O)(=O)ON)ccc3n2CC)sc2cc(S(=O)(=O)ON)ccc21. The third-order valence-corrected chi connectivity index (χ3v) is 9.23. The molecule has 182 valence electrons.